The van der Waals surface area contributed by atoms with Gasteiger partial charge in [0.25, 0.3) is 5.91 Å². The highest BCUT2D eigenvalue weighted by atomic mass is 19.1. The van der Waals surface area contributed by atoms with Gasteiger partial charge in [0.2, 0.25) is 11.8 Å². The number of aryl methyl sites for hydroxylation is 1. The van der Waals surface area contributed by atoms with Crippen LogP contribution in [0.5, 0.6) is 5.75 Å². The van der Waals surface area contributed by atoms with Crippen LogP contribution in [0, 0.1) is 11.7 Å². The summed E-state index contributed by atoms with van der Waals surface area (Å²) in [6.45, 7) is 6.86. The number of nitrogens with one attached hydrogen (secondary N) is 4. The number of amides is 3. The van der Waals surface area contributed by atoms with Gasteiger partial charge in [-0.05, 0) is 68.1 Å². The molecule has 1 fully saturated rings. The van der Waals surface area contributed by atoms with Crippen LogP contribution in [-0.4, -0.2) is 69.9 Å². The Morgan fingerprint density at radius 2 is 2.00 bits per heavy atom. The predicted octanol–water partition coefficient (Wildman–Crippen LogP) is 3.02. The molecule has 0 bridgehead atoms. The number of fused-ring (bicyclic) bond motifs is 2. The first-order valence-corrected chi connectivity index (χ1v) is 15.5. The van der Waals surface area contributed by atoms with Gasteiger partial charge in [0, 0.05) is 37.9 Å². The number of rotatable bonds is 9. The summed E-state index contributed by atoms with van der Waals surface area (Å²) in [7, 11) is 1.68. The summed E-state index contributed by atoms with van der Waals surface area (Å²) < 4.78 is 27.7. The van der Waals surface area contributed by atoms with Crippen LogP contribution < -0.4 is 20.7 Å². The molecule has 6 rings (SSSR count). The Morgan fingerprint density at radius 1 is 1.17 bits per heavy atom. The van der Waals surface area contributed by atoms with Crippen molar-refractivity contribution in [1.82, 2.24) is 35.7 Å². The van der Waals surface area contributed by atoms with Crippen LogP contribution in [0.3, 0.4) is 0 Å². The van der Waals surface area contributed by atoms with Crippen LogP contribution in [0.15, 0.2) is 48.7 Å². The van der Waals surface area contributed by atoms with E-state index in [9.17, 15) is 18.8 Å². The van der Waals surface area contributed by atoms with Gasteiger partial charge in [0.1, 0.15) is 29.1 Å². The zero-order valence-electron chi connectivity index (χ0n) is 26.2. The lowest BCUT2D eigenvalue weighted by Gasteiger charge is -2.36. The van der Waals surface area contributed by atoms with Crippen molar-refractivity contribution in [3.8, 4) is 5.75 Å². The molecule has 1 saturated heterocycles. The van der Waals surface area contributed by atoms with E-state index in [0.717, 1.165) is 5.56 Å². The average molecular weight is 632 g/mol. The SMILES string of the molecule is CCNC(=O)[C@@H](C)NC(=O)C1(c2ccc3nc([C@@H](NC(=O)c4ccnn4C)[C@H]4c5cc(F)ccc5OCC4C)[nH]c3c2)CCOC1. The minimum absolute atomic E-state index is 0.107. The van der Waals surface area contributed by atoms with Crippen molar-refractivity contribution in [3.05, 3.63) is 77.1 Å². The topological polar surface area (TPSA) is 152 Å². The van der Waals surface area contributed by atoms with Crippen LogP contribution in [0.25, 0.3) is 11.0 Å². The van der Waals surface area contributed by atoms with E-state index in [1.807, 2.05) is 32.0 Å². The van der Waals surface area contributed by atoms with Crippen LogP contribution in [-0.2, 0) is 26.8 Å². The third-order valence-corrected chi connectivity index (χ3v) is 9.04. The van der Waals surface area contributed by atoms with Gasteiger partial charge < -0.3 is 30.4 Å². The quantitative estimate of drug-likeness (QED) is 0.222. The molecule has 46 heavy (non-hydrogen) atoms. The highest BCUT2D eigenvalue weighted by Crippen LogP contribution is 2.45. The monoisotopic (exact) mass is 631 g/mol. The highest BCUT2D eigenvalue weighted by Gasteiger charge is 2.45. The number of aromatic amines is 1. The minimum atomic E-state index is -1.00. The van der Waals surface area contributed by atoms with Crippen molar-refractivity contribution >= 4 is 28.8 Å². The number of imidazole rings is 1. The molecule has 4 heterocycles. The molecule has 242 valence electrons. The molecule has 2 aromatic carbocycles. The molecule has 0 saturated carbocycles. The Morgan fingerprint density at radius 3 is 2.72 bits per heavy atom. The zero-order chi connectivity index (χ0) is 32.6. The van der Waals surface area contributed by atoms with E-state index < -0.39 is 23.3 Å². The number of H-pyrrole nitrogens is 1. The molecule has 12 nitrogen and oxygen atoms in total. The number of hydrogen-bond acceptors (Lipinski definition) is 7. The summed E-state index contributed by atoms with van der Waals surface area (Å²) in [5.74, 6) is -0.780. The first-order valence-electron chi connectivity index (χ1n) is 15.5. The number of nitrogens with zero attached hydrogens (tertiary/aromatic N) is 3. The number of benzene rings is 2. The number of aromatic nitrogens is 4. The molecule has 2 aliphatic rings. The summed E-state index contributed by atoms with van der Waals surface area (Å²) in [5, 5.41) is 12.9. The molecular formula is C33H38FN7O5. The fraction of sp³-hybridized carbons (Fsp3) is 0.424. The molecular weight excluding hydrogens is 593 g/mol. The lowest BCUT2D eigenvalue weighted by Crippen LogP contribution is -2.52. The molecule has 2 unspecified atom stereocenters. The molecule has 4 N–H and O–H groups in total. The first kappa shape index (κ1) is 31.2. The first-order chi connectivity index (χ1) is 22.1. The summed E-state index contributed by atoms with van der Waals surface area (Å²) in [6.07, 6.45) is 1.99. The second-order valence-corrected chi connectivity index (χ2v) is 12.1. The number of halogens is 1. The maximum absolute atomic E-state index is 14.6. The second kappa shape index (κ2) is 12.5. The van der Waals surface area contributed by atoms with Gasteiger partial charge in [0.15, 0.2) is 0 Å². The summed E-state index contributed by atoms with van der Waals surface area (Å²) >= 11 is 0. The van der Waals surface area contributed by atoms with Crippen molar-refractivity contribution in [2.24, 2.45) is 13.0 Å². The van der Waals surface area contributed by atoms with Crippen LogP contribution in [0.2, 0.25) is 0 Å². The summed E-state index contributed by atoms with van der Waals surface area (Å²) in [6, 6.07) is 10.2. The predicted molar refractivity (Wildman–Crippen MR) is 167 cm³/mol. The Labute approximate surface area is 265 Å². The van der Waals surface area contributed by atoms with Crippen molar-refractivity contribution in [1.29, 1.82) is 0 Å². The second-order valence-electron chi connectivity index (χ2n) is 12.1. The summed E-state index contributed by atoms with van der Waals surface area (Å²) in [5.41, 5.74) is 1.99. The Hall–Kier alpha value is -4.78. The Bertz CT molecular complexity index is 1780. The average Bonchev–Trinajstić information content (AvgIpc) is 3.80. The van der Waals surface area contributed by atoms with E-state index in [-0.39, 0.29) is 36.2 Å². The van der Waals surface area contributed by atoms with Gasteiger partial charge in [-0.3, -0.25) is 19.1 Å². The molecule has 0 spiro atoms. The molecule has 4 aromatic rings. The Balaban J connectivity index is 1.39. The van der Waals surface area contributed by atoms with Crippen molar-refractivity contribution in [2.45, 2.75) is 50.6 Å². The van der Waals surface area contributed by atoms with Gasteiger partial charge in [-0.25, -0.2) is 9.37 Å². The molecule has 3 amide bonds. The molecule has 2 aromatic heterocycles. The van der Waals surface area contributed by atoms with Gasteiger partial charge in [0.05, 0.1) is 35.7 Å². The Kier molecular flexibility index (Phi) is 8.51. The largest absolute Gasteiger partial charge is 0.493 e. The molecule has 13 heteroatoms. The lowest BCUT2D eigenvalue weighted by molar-refractivity contribution is -0.132. The van der Waals surface area contributed by atoms with Crippen LogP contribution in [0.1, 0.15) is 66.6 Å². The highest BCUT2D eigenvalue weighted by molar-refractivity contribution is 5.94. The van der Waals surface area contributed by atoms with Crippen molar-refractivity contribution in [3.63, 3.8) is 0 Å². The number of carbonyl (C=O) groups excluding carboxylic acids is 3. The van der Waals surface area contributed by atoms with E-state index in [2.05, 4.69) is 26.0 Å². The minimum Gasteiger partial charge on any atom is -0.493 e. The molecule has 0 aliphatic carbocycles. The van der Waals surface area contributed by atoms with Gasteiger partial charge in [-0.15, -0.1) is 0 Å². The number of hydrogen-bond donors (Lipinski definition) is 4. The van der Waals surface area contributed by atoms with E-state index in [1.165, 1.54) is 16.8 Å². The lowest BCUT2D eigenvalue weighted by atomic mass is 9.78. The van der Waals surface area contributed by atoms with E-state index in [4.69, 9.17) is 14.5 Å². The molecule has 0 radical (unpaired) electrons. The fourth-order valence-corrected chi connectivity index (χ4v) is 6.50. The van der Waals surface area contributed by atoms with Crippen molar-refractivity contribution < 1.29 is 28.2 Å². The normalized spacial score (nSPS) is 22.0. The summed E-state index contributed by atoms with van der Waals surface area (Å²) in [4.78, 5) is 47.9. The van der Waals surface area contributed by atoms with E-state index >= 15 is 0 Å². The zero-order valence-corrected chi connectivity index (χ0v) is 26.2. The van der Waals surface area contributed by atoms with Crippen molar-refractivity contribution in [2.75, 3.05) is 26.4 Å². The van der Waals surface area contributed by atoms with Gasteiger partial charge in [-0.2, -0.15) is 5.10 Å². The fourth-order valence-electron chi connectivity index (χ4n) is 6.50. The van der Waals surface area contributed by atoms with Gasteiger partial charge >= 0.3 is 0 Å². The smallest absolute Gasteiger partial charge is 0.270 e. The van der Waals surface area contributed by atoms with E-state index in [1.54, 1.807) is 32.3 Å². The third kappa shape index (κ3) is 5.70. The third-order valence-electron chi connectivity index (χ3n) is 9.04. The van der Waals surface area contributed by atoms with E-state index in [0.29, 0.717) is 60.0 Å². The van der Waals surface area contributed by atoms with Crippen LogP contribution >= 0.6 is 0 Å². The number of ether oxygens (including phenoxy) is 2. The molecule has 5 atom stereocenters. The number of likely N-dealkylation sites (N-methyl/N-ethyl adjacent to an activating group) is 1. The maximum atomic E-state index is 14.6. The molecule has 2 aliphatic heterocycles. The number of carbonyl (C=O) groups is 3. The standard InChI is InChI=1S/C33H38FN7O5/c1-5-35-30(42)19(3)37-32(44)33(11-13-45-17-33)20-6-8-23-24(14-20)39-29(38-23)28(40-31(43)25-10-12-36-41(25)4)27-18(2)16-46-26-9-7-21(34)15-22(26)27/h6-10,12,14-15,18-19,27-28H,5,11,13,16-17H2,1-4H3,(H,35,42)(H,37,44)(H,38,39)(H,40,43)/t18?,19-,27-,28+,33?/m1/s1. The maximum Gasteiger partial charge on any atom is 0.270 e. The van der Waals surface area contributed by atoms with Gasteiger partial charge in [-0.1, -0.05) is 13.0 Å². The van der Waals surface area contributed by atoms with Crippen LogP contribution in [0.4, 0.5) is 4.39 Å².